The molecule has 0 aliphatic rings. The summed E-state index contributed by atoms with van der Waals surface area (Å²) < 4.78 is 0. The highest BCUT2D eigenvalue weighted by Gasteiger charge is 2.00. The van der Waals surface area contributed by atoms with Gasteiger partial charge in [0, 0.05) is 6.42 Å². The fourth-order valence-electron chi connectivity index (χ4n) is 0.362. The molecule has 4 nitrogen and oxygen atoms in total. The maximum Gasteiger partial charge on any atom is 0.217 e. The van der Waals surface area contributed by atoms with Gasteiger partial charge in [0.25, 0.3) is 0 Å². The van der Waals surface area contributed by atoms with Crippen LogP contribution < -0.4 is 11.5 Å². The Kier molecular flexibility index (Phi) is 3.40. The Morgan fingerprint density at radius 1 is 1.78 bits per heavy atom. The number of rotatable bonds is 3. The van der Waals surface area contributed by atoms with Gasteiger partial charge in [-0.15, -0.1) is 0 Å². The molecule has 50 valence electrons. The van der Waals surface area contributed by atoms with Crippen LogP contribution in [0.15, 0.2) is 0 Å². The Morgan fingerprint density at radius 3 is 2.67 bits per heavy atom. The number of nitriles is 1. The van der Waals surface area contributed by atoms with E-state index in [1.807, 2.05) is 0 Å². The maximum absolute atomic E-state index is 10.1. The van der Waals surface area contributed by atoms with Crippen LogP contribution in [0.1, 0.15) is 12.8 Å². The lowest BCUT2D eigenvalue weighted by molar-refractivity contribution is -0.118. The van der Waals surface area contributed by atoms with Gasteiger partial charge < -0.3 is 11.5 Å². The van der Waals surface area contributed by atoms with Crippen molar-refractivity contribution in [3.05, 3.63) is 0 Å². The average Bonchev–Trinajstić information content (AvgIpc) is 1.83. The van der Waals surface area contributed by atoms with Gasteiger partial charge in [-0.3, -0.25) is 4.79 Å². The number of nitrogens with zero attached hydrogens (tertiary/aromatic N) is 1. The fraction of sp³-hybridized carbons (Fsp3) is 0.600. The molecular formula is C5H9N3O. The third-order valence-corrected chi connectivity index (χ3v) is 0.868. The van der Waals surface area contributed by atoms with E-state index in [-0.39, 0.29) is 6.42 Å². The molecule has 0 aliphatic heterocycles. The number of carbonyl (C=O) groups excluding carboxylic acids is 1. The Bertz CT molecular complexity index is 138. The highest BCUT2D eigenvalue weighted by atomic mass is 16.1. The van der Waals surface area contributed by atoms with Gasteiger partial charge in [0.2, 0.25) is 5.91 Å². The van der Waals surface area contributed by atoms with Crippen LogP contribution >= 0.6 is 0 Å². The summed E-state index contributed by atoms with van der Waals surface area (Å²) in [5, 5.41) is 8.12. The Balaban J connectivity index is 3.30. The maximum atomic E-state index is 10.1. The van der Waals surface area contributed by atoms with Crippen molar-refractivity contribution < 1.29 is 4.79 Å². The molecule has 0 aliphatic carbocycles. The summed E-state index contributed by atoms with van der Waals surface area (Å²) in [4.78, 5) is 10.1. The lowest BCUT2D eigenvalue weighted by Gasteiger charge is -1.96. The smallest absolute Gasteiger partial charge is 0.217 e. The second-order valence-corrected chi connectivity index (χ2v) is 1.74. The van der Waals surface area contributed by atoms with Crippen LogP contribution in [0.3, 0.4) is 0 Å². The summed E-state index contributed by atoms with van der Waals surface area (Å²) in [5.74, 6) is -0.416. The van der Waals surface area contributed by atoms with Gasteiger partial charge in [0.05, 0.1) is 12.1 Å². The zero-order valence-electron chi connectivity index (χ0n) is 5.00. The van der Waals surface area contributed by atoms with Crippen molar-refractivity contribution in [2.75, 3.05) is 0 Å². The normalized spacial score (nSPS) is 12.0. The molecule has 4 N–H and O–H groups in total. The van der Waals surface area contributed by atoms with Crippen LogP contribution in [-0.4, -0.2) is 11.9 Å². The zero-order chi connectivity index (χ0) is 7.28. The molecule has 1 amide bonds. The van der Waals surface area contributed by atoms with Crippen LogP contribution in [-0.2, 0) is 4.79 Å². The molecular weight excluding hydrogens is 118 g/mol. The second-order valence-electron chi connectivity index (χ2n) is 1.74. The Morgan fingerprint density at radius 2 is 2.33 bits per heavy atom. The minimum atomic E-state index is -0.558. The summed E-state index contributed by atoms with van der Waals surface area (Å²) in [6, 6.07) is 1.23. The molecule has 1 atom stereocenters. The predicted molar refractivity (Wildman–Crippen MR) is 32.0 cm³/mol. The average molecular weight is 127 g/mol. The van der Waals surface area contributed by atoms with E-state index in [1.165, 1.54) is 0 Å². The molecule has 0 saturated carbocycles. The fourth-order valence-corrected chi connectivity index (χ4v) is 0.362. The van der Waals surface area contributed by atoms with Gasteiger partial charge in [-0.2, -0.15) is 5.26 Å². The van der Waals surface area contributed by atoms with Crippen molar-refractivity contribution in [1.82, 2.24) is 0 Å². The first-order valence-electron chi connectivity index (χ1n) is 2.60. The topological polar surface area (TPSA) is 92.9 Å². The monoisotopic (exact) mass is 127 g/mol. The zero-order valence-corrected chi connectivity index (χ0v) is 5.00. The van der Waals surface area contributed by atoms with E-state index in [0.717, 1.165) is 0 Å². The number of amides is 1. The molecule has 0 aromatic heterocycles. The highest BCUT2D eigenvalue weighted by molar-refractivity contribution is 5.73. The third-order valence-electron chi connectivity index (χ3n) is 0.868. The lowest BCUT2D eigenvalue weighted by atomic mass is 10.2. The van der Waals surface area contributed by atoms with Crippen LogP contribution in [0, 0.1) is 11.3 Å². The Labute approximate surface area is 53.4 Å². The van der Waals surface area contributed by atoms with Crippen molar-refractivity contribution in [1.29, 1.82) is 5.26 Å². The van der Waals surface area contributed by atoms with Crippen molar-refractivity contribution in [3.63, 3.8) is 0 Å². The predicted octanol–water partition coefficient (Wildman–Crippen LogP) is -0.897. The number of carbonyl (C=O) groups is 1. The van der Waals surface area contributed by atoms with Gasteiger partial charge >= 0.3 is 0 Å². The van der Waals surface area contributed by atoms with Crippen LogP contribution in [0.2, 0.25) is 0 Å². The van der Waals surface area contributed by atoms with Crippen molar-refractivity contribution in [2.24, 2.45) is 11.5 Å². The Hall–Kier alpha value is -1.08. The number of nitrogens with two attached hydrogens (primary N) is 2. The molecule has 1 unspecified atom stereocenters. The van der Waals surface area contributed by atoms with Gasteiger partial charge in [0.1, 0.15) is 0 Å². The van der Waals surface area contributed by atoms with Gasteiger partial charge in [-0.05, 0) is 6.42 Å². The molecule has 4 heteroatoms. The van der Waals surface area contributed by atoms with Crippen molar-refractivity contribution in [3.8, 4) is 6.07 Å². The largest absolute Gasteiger partial charge is 0.370 e. The first-order chi connectivity index (χ1) is 4.16. The standard InChI is InChI=1S/C5H9N3O/c6-3-4(7)1-2-5(8)9/h4H,1-2,7H2,(H2,8,9). The molecule has 0 saturated heterocycles. The van der Waals surface area contributed by atoms with E-state index in [9.17, 15) is 4.79 Å². The lowest BCUT2D eigenvalue weighted by Crippen LogP contribution is -2.20. The first-order valence-corrected chi connectivity index (χ1v) is 2.60. The number of hydrogen-bond donors (Lipinski definition) is 2. The minimum absolute atomic E-state index is 0.189. The molecule has 0 radical (unpaired) electrons. The highest BCUT2D eigenvalue weighted by Crippen LogP contribution is 1.90. The van der Waals surface area contributed by atoms with E-state index in [2.05, 4.69) is 0 Å². The summed E-state index contributed by atoms with van der Waals surface area (Å²) in [6.07, 6.45) is 0.542. The van der Waals surface area contributed by atoms with Gasteiger partial charge in [-0.1, -0.05) is 0 Å². The second kappa shape index (κ2) is 3.87. The van der Waals surface area contributed by atoms with Gasteiger partial charge in [0.15, 0.2) is 0 Å². The number of hydrogen-bond acceptors (Lipinski definition) is 3. The molecule has 0 rings (SSSR count). The van der Waals surface area contributed by atoms with E-state index in [0.29, 0.717) is 6.42 Å². The van der Waals surface area contributed by atoms with E-state index < -0.39 is 11.9 Å². The first kappa shape index (κ1) is 7.92. The van der Waals surface area contributed by atoms with Crippen LogP contribution in [0.4, 0.5) is 0 Å². The van der Waals surface area contributed by atoms with E-state index in [4.69, 9.17) is 16.7 Å². The molecule has 0 fully saturated rings. The summed E-state index contributed by atoms with van der Waals surface area (Å²) in [6.45, 7) is 0. The summed E-state index contributed by atoms with van der Waals surface area (Å²) in [5.41, 5.74) is 9.94. The van der Waals surface area contributed by atoms with Crippen molar-refractivity contribution >= 4 is 5.91 Å². The molecule has 0 aromatic carbocycles. The van der Waals surface area contributed by atoms with Crippen LogP contribution in [0.5, 0.6) is 0 Å². The van der Waals surface area contributed by atoms with E-state index in [1.54, 1.807) is 6.07 Å². The summed E-state index contributed by atoms with van der Waals surface area (Å²) >= 11 is 0. The van der Waals surface area contributed by atoms with E-state index >= 15 is 0 Å². The van der Waals surface area contributed by atoms with Crippen molar-refractivity contribution in [2.45, 2.75) is 18.9 Å². The van der Waals surface area contributed by atoms with Crippen LogP contribution in [0.25, 0.3) is 0 Å². The molecule has 0 aromatic rings. The SMILES string of the molecule is N#CC(N)CCC(N)=O. The number of primary amides is 1. The van der Waals surface area contributed by atoms with Gasteiger partial charge in [-0.25, -0.2) is 0 Å². The summed E-state index contributed by atoms with van der Waals surface area (Å²) in [7, 11) is 0. The molecule has 0 heterocycles. The minimum Gasteiger partial charge on any atom is -0.370 e. The quantitative estimate of drug-likeness (QED) is 0.514. The molecule has 0 spiro atoms. The molecule has 9 heavy (non-hydrogen) atoms. The third kappa shape index (κ3) is 4.78. The molecule has 0 bridgehead atoms.